The van der Waals surface area contributed by atoms with Crippen LogP contribution in [0, 0.1) is 0 Å². The number of methoxy groups -OCH3 is 1. The fraction of sp³-hybridized carbons (Fsp3) is 0.500. The van der Waals surface area contributed by atoms with Crippen molar-refractivity contribution in [2.75, 3.05) is 20.8 Å². The van der Waals surface area contributed by atoms with Crippen molar-refractivity contribution in [3.05, 3.63) is 35.9 Å². The van der Waals surface area contributed by atoms with E-state index in [1.807, 2.05) is 37.3 Å². The smallest absolute Gasteiger partial charge is 0.247 e. The van der Waals surface area contributed by atoms with Gasteiger partial charge in [0.15, 0.2) is 0 Å². The van der Waals surface area contributed by atoms with Crippen molar-refractivity contribution in [1.29, 1.82) is 0 Å². The van der Waals surface area contributed by atoms with Gasteiger partial charge in [0.05, 0.1) is 12.6 Å². The number of carbonyl (C=O) groups is 1. The summed E-state index contributed by atoms with van der Waals surface area (Å²) in [5, 5.41) is 0. The first kappa shape index (κ1) is 14.7. The number of amides is 1. The van der Waals surface area contributed by atoms with E-state index in [9.17, 15) is 4.79 Å². The maximum atomic E-state index is 12.4. The topological polar surface area (TPSA) is 55.6 Å². The number of ether oxygens (including phenoxy) is 1. The first-order chi connectivity index (χ1) is 8.41. The second-order valence-electron chi connectivity index (χ2n) is 4.79. The lowest BCUT2D eigenvalue weighted by molar-refractivity contribution is -0.138. The predicted octanol–water partition coefficient (Wildman–Crippen LogP) is 1.35. The summed E-state index contributed by atoms with van der Waals surface area (Å²) in [4.78, 5) is 14.1. The standard InChI is InChI=1S/C14H22N2O2/c1-11(10-18-4)16(3)13(17)14(2,15)12-8-6-5-7-9-12/h5-9,11H,10,15H2,1-4H3. The molecule has 0 aromatic heterocycles. The Morgan fingerprint density at radius 2 is 2.00 bits per heavy atom. The highest BCUT2D eigenvalue weighted by Crippen LogP contribution is 2.20. The minimum atomic E-state index is -1.02. The number of benzene rings is 1. The van der Waals surface area contributed by atoms with Crippen LogP contribution in [-0.4, -0.2) is 37.6 Å². The molecule has 100 valence electrons. The molecule has 1 rings (SSSR count). The summed E-state index contributed by atoms with van der Waals surface area (Å²) in [5.74, 6) is -0.113. The summed E-state index contributed by atoms with van der Waals surface area (Å²) in [5.41, 5.74) is 5.98. The number of rotatable bonds is 5. The molecule has 1 amide bonds. The molecule has 0 spiro atoms. The van der Waals surface area contributed by atoms with Gasteiger partial charge in [-0.25, -0.2) is 0 Å². The highest BCUT2D eigenvalue weighted by atomic mass is 16.5. The van der Waals surface area contributed by atoms with Gasteiger partial charge >= 0.3 is 0 Å². The highest BCUT2D eigenvalue weighted by molar-refractivity contribution is 5.87. The Balaban J connectivity index is 2.88. The Morgan fingerprint density at radius 1 is 1.44 bits per heavy atom. The van der Waals surface area contributed by atoms with Crippen molar-refractivity contribution < 1.29 is 9.53 Å². The number of hydrogen-bond donors (Lipinski definition) is 1. The van der Waals surface area contributed by atoms with Crippen LogP contribution in [0.3, 0.4) is 0 Å². The fourth-order valence-electron chi connectivity index (χ4n) is 1.83. The monoisotopic (exact) mass is 250 g/mol. The van der Waals surface area contributed by atoms with Gasteiger partial charge in [-0.15, -0.1) is 0 Å². The van der Waals surface area contributed by atoms with Crippen molar-refractivity contribution in [1.82, 2.24) is 4.90 Å². The molecule has 0 heterocycles. The number of carbonyl (C=O) groups excluding carboxylic acids is 1. The van der Waals surface area contributed by atoms with Crippen LogP contribution >= 0.6 is 0 Å². The molecule has 1 aromatic carbocycles. The summed E-state index contributed by atoms with van der Waals surface area (Å²) in [6.45, 7) is 4.16. The number of nitrogens with two attached hydrogens (primary N) is 1. The molecule has 0 fully saturated rings. The molecule has 0 aliphatic carbocycles. The summed E-state index contributed by atoms with van der Waals surface area (Å²) >= 11 is 0. The van der Waals surface area contributed by atoms with Gasteiger partial charge in [-0.1, -0.05) is 30.3 Å². The van der Waals surface area contributed by atoms with Gasteiger partial charge in [0.1, 0.15) is 5.54 Å². The van der Waals surface area contributed by atoms with E-state index in [4.69, 9.17) is 10.5 Å². The van der Waals surface area contributed by atoms with Crippen molar-refractivity contribution in [3.63, 3.8) is 0 Å². The third-order valence-electron chi connectivity index (χ3n) is 3.21. The molecule has 0 aliphatic rings. The third kappa shape index (κ3) is 3.09. The SMILES string of the molecule is COCC(C)N(C)C(=O)C(C)(N)c1ccccc1. The molecule has 1 aromatic rings. The molecule has 2 N–H and O–H groups in total. The Labute approximate surface area is 109 Å². The van der Waals surface area contributed by atoms with Crippen LogP contribution in [0.2, 0.25) is 0 Å². The normalized spacial score (nSPS) is 15.8. The molecule has 18 heavy (non-hydrogen) atoms. The summed E-state index contributed by atoms with van der Waals surface area (Å²) in [7, 11) is 3.37. The average Bonchev–Trinajstić information content (AvgIpc) is 2.38. The molecule has 0 aliphatic heterocycles. The van der Waals surface area contributed by atoms with Crippen LogP contribution < -0.4 is 5.73 Å². The number of likely N-dealkylation sites (N-methyl/N-ethyl adjacent to an activating group) is 1. The maximum Gasteiger partial charge on any atom is 0.247 e. The number of hydrogen-bond acceptors (Lipinski definition) is 3. The molecule has 4 heteroatoms. The first-order valence-electron chi connectivity index (χ1n) is 6.02. The van der Waals surface area contributed by atoms with Crippen LogP contribution in [-0.2, 0) is 15.1 Å². The van der Waals surface area contributed by atoms with Crippen LogP contribution in [0.5, 0.6) is 0 Å². The van der Waals surface area contributed by atoms with E-state index in [1.54, 1.807) is 26.0 Å². The largest absolute Gasteiger partial charge is 0.383 e. The van der Waals surface area contributed by atoms with E-state index in [1.165, 1.54) is 0 Å². The van der Waals surface area contributed by atoms with Gasteiger partial charge in [-0.3, -0.25) is 4.79 Å². The molecule has 0 saturated carbocycles. The Morgan fingerprint density at radius 3 is 2.50 bits per heavy atom. The van der Waals surface area contributed by atoms with E-state index in [2.05, 4.69) is 0 Å². The van der Waals surface area contributed by atoms with Gasteiger partial charge in [0.25, 0.3) is 0 Å². The van der Waals surface area contributed by atoms with Gasteiger partial charge in [0.2, 0.25) is 5.91 Å². The summed E-state index contributed by atoms with van der Waals surface area (Å²) in [6.07, 6.45) is 0. The predicted molar refractivity (Wildman–Crippen MR) is 72.1 cm³/mol. The number of nitrogens with zero attached hydrogens (tertiary/aromatic N) is 1. The van der Waals surface area contributed by atoms with Crippen LogP contribution in [0.1, 0.15) is 19.4 Å². The highest BCUT2D eigenvalue weighted by Gasteiger charge is 2.34. The third-order valence-corrected chi connectivity index (χ3v) is 3.21. The van der Waals surface area contributed by atoms with E-state index in [-0.39, 0.29) is 11.9 Å². The molecular weight excluding hydrogens is 228 g/mol. The lowest BCUT2D eigenvalue weighted by Crippen LogP contribution is -2.52. The zero-order valence-electron chi connectivity index (χ0n) is 11.5. The molecule has 0 saturated heterocycles. The molecule has 2 atom stereocenters. The molecule has 0 radical (unpaired) electrons. The van der Waals surface area contributed by atoms with Crippen molar-refractivity contribution in [2.45, 2.75) is 25.4 Å². The Kier molecular flexibility index (Phi) is 4.87. The molecule has 4 nitrogen and oxygen atoms in total. The van der Waals surface area contributed by atoms with E-state index in [0.717, 1.165) is 5.56 Å². The van der Waals surface area contributed by atoms with Crippen molar-refractivity contribution in [2.24, 2.45) is 5.73 Å². The second-order valence-corrected chi connectivity index (χ2v) is 4.79. The van der Waals surface area contributed by atoms with Crippen LogP contribution in [0.25, 0.3) is 0 Å². The molecule has 2 unspecified atom stereocenters. The lowest BCUT2D eigenvalue weighted by atomic mass is 9.91. The second kappa shape index (κ2) is 5.98. The quantitative estimate of drug-likeness (QED) is 0.858. The Bertz CT molecular complexity index is 390. The van der Waals surface area contributed by atoms with Crippen molar-refractivity contribution in [3.8, 4) is 0 Å². The summed E-state index contributed by atoms with van der Waals surface area (Å²) in [6, 6.07) is 9.40. The Hall–Kier alpha value is -1.39. The van der Waals surface area contributed by atoms with Crippen molar-refractivity contribution >= 4 is 5.91 Å². The fourth-order valence-corrected chi connectivity index (χ4v) is 1.83. The average molecular weight is 250 g/mol. The minimum Gasteiger partial charge on any atom is -0.383 e. The summed E-state index contributed by atoms with van der Waals surface area (Å²) < 4.78 is 5.06. The van der Waals surface area contributed by atoms with Crippen LogP contribution in [0.15, 0.2) is 30.3 Å². The van der Waals surface area contributed by atoms with Gasteiger partial charge < -0.3 is 15.4 Å². The molecular formula is C14H22N2O2. The zero-order chi connectivity index (χ0) is 13.8. The van der Waals surface area contributed by atoms with Gasteiger partial charge in [0, 0.05) is 14.2 Å². The van der Waals surface area contributed by atoms with Crippen LogP contribution in [0.4, 0.5) is 0 Å². The first-order valence-corrected chi connectivity index (χ1v) is 6.02. The molecule has 0 bridgehead atoms. The van der Waals surface area contributed by atoms with E-state index in [0.29, 0.717) is 6.61 Å². The maximum absolute atomic E-state index is 12.4. The van der Waals surface area contributed by atoms with Gasteiger partial charge in [-0.05, 0) is 19.4 Å². The zero-order valence-corrected chi connectivity index (χ0v) is 11.5. The van der Waals surface area contributed by atoms with E-state index >= 15 is 0 Å². The van der Waals surface area contributed by atoms with E-state index < -0.39 is 5.54 Å². The van der Waals surface area contributed by atoms with Gasteiger partial charge in [-0.2, -0.15) is 0 Å². The lowest BCUT2D eigenvalue weighted by Gasteiger charge is -2.33. The minimum absolute atomic E-state index is 0.00547.